The molecule has 1 aliphatic carbocycles. The largest absolute Gasteiger partial charge is 0.297 e. The minimum Gasteiger partial charge on any atom is -0.297 e. The summed E-state index contributed by atoms with van der Waals surface area (Å²) in [6.07, 6.45) is 4.81. The Hall–Kier alpha value is -2.42. The van der Waals surface area contributed by atoms with Gasteiger partial charge in [0, 0.05) is 23.2 Å². The Morgan fingerprint density at radius 3 is 1.20 bits per heavy atom. The zero-order chi connectivity index (χ0) is 25.1. The molecule has 0 aliphatic heterocycles. The summed E-state index contributed by atoms with van der Waals surface area (Å²) in [7, 11) is 0. The van der Waals surface area contributed by atoms with Crippen LogP contribution in [0.1, 0.15) is 83.9 Å². The molecule has 0 unspecified atom stereocenters. The second-order valence-corrected chi connectivity index (χ2v) is 12.2. The average molecular weight is 469 g/mol. The molecule has 1 fully saturated rings. The highest BCUT2D eigenvalue weighted by Gasteiger charge is 2.42. The van der Waals surface area contributed by atoms with Gasteiger partial charge in [0.1, 0.15) is 0 Å². The van der Waals surface area contributed by atoms with Gasteiger partial charge >= 0.3 is 0 Å². The summed E-state index contributed by atoms with van der Waals surface area (Å²) in [6.45, 7) is 14.2. The van der Waals surface area contributed by atoms with E-state index >= 15 is 0 Å². The minimum atomic E-state index is -0.380. The summed E-state index contributed by atoms with van der Waals surface area (Å²) in [5.41, 5.74) is 3.83. The fourth-order valence-electron chi connectivity index (χ4n) is 6.70. The van der Waals surface area contributed by atoms with Gasteiger partial charge in [-0.2, -0.15) is 0 Å². The molecule has 0 amide bonds. The molecule has 4 rings (SSSR count). The zero-order valence-electron chi connectivity index (χ0n) is 22.6. The number of hydrogen-bond donors (Lipinski definition) is 1. The van der Waals surface area contributed by atoms with Crippen molar-refractivity contribution in [3.05, 3.63) is 108 Å². The topological polar surface area (TPSA) is 15.3 Å². The van der Waals surface area contributed by atoms with Gasteiger partial charge in [-0.05, 0) is 83.9 Å². The maximum Gasteiger partial charge on any atom is 0.0950 e. The maximum absolute atomic E-state index is 4.24. The highest BCUT2D eigenvalue weighted by Crippen LogP contribution is 2.40. The molecule has 1 N–H and O–H groups in total. The van der Waals surface area contributed by atoms with E-state index < -0.39 is 0 Å². The van der Waals surface area contributed by atoms with E-state index in [2.05, 4.69) is 143 Å². The van der Waals surface area contributed by atoms with Crippen LogP contribution in [0.4, 0.5) is 0 Å². The summed E-state index contributed by atoms with van der Waals surface area (Å²) < 4.78 is 0. The Morgan fingerprint density at radius 1 is 0.543 bits per heavy atom. The van der Waals surface area contributed by atoms with Gasteiger partial charge in [-0.25, -0.2) is 0 Å². The highest BCUT2D eigenvalue weighted by atomic mass is 15.3. The molecule has 0 aromatic heterocycles. The first kappa shape index (κ1) is 25.7. The molecule has 186 valence electrons. The number of nitrogens with zero attached hydrogens (tertiary/aromatic N) is 1. The predicted octanol–water partition coefficient (Wildman–Crippen LogP) is 7.78. The normalized spacial score (nSPS) is 19.6. The standard InChI is InChI=1S/C33H44N2/c1-31(2,3)35(32(4,5)6)30-24-22-29(23-25-30)34-33(26-16-10-7-11-17-26,27-18-12-8-13-19-27)28-20-14-9-15-21-28/h7-21,29-30,34H,22-25H2,1-6H3. The number of rotatable bonds is 6. The van der Waals surface area contributed by atoms with Crippen LogP contribution in [0, 0.1) is 0 Å². The van der Waals surface area contributed by atoms with E-state index in [4.69, 9.17) is 0 Å². The smallest absolute Gasteiger partial charge is 0.0950 e. The second kappa shape index (κ2) is 10.3. The zero-order valence-corrected chi connectivity index (χ0v) is 22.6. The molecule has 1 aliphatic rings. The van der Waals surface area contributed by atoms with Crippen molar-refractivity contribution in [1.82, 2.24) is 10.2 Å². The van der Waals surface area contributed by atoms with E-state index in [-0.39, 0.29) is 16.6 Å². The summed E-state index contributed by atoms with van der Waals surface area (Å²) >= 11 is 0. The Morgan fingerprint density at radius 2 is 0.886 bits per heavy atom. The molecule has 0 atom stereocenters. The Kier molecular flexibility index (Phi) is 7.54. The van der Waals surface area contributed by atoms with Crippen molar-refractivity contribution >= 4 is 0 Å². The lowest BCUT2D eigenvalue weighted by atomic mass is 9.75. The molecular formula is C33H44N2. The van der Waals surface area contributed by atoms with Crippen LogP contribution in [0.25, 0.3) is 0 Å². The third-order valence-electron chi connectivity index (χ3n) is 7.55. The van der Waals surface area contributed by atoms with E-state index in [1.807, 2.05) is 0 Å². The summed E-state index contributed by atoms with van der Waals surface area (Å²) in [5, 5.41) is 4.24. The fourth-order valence-corrected chi connectivity index (χ4v) is 6.70. The summed E-state index contributed by atoms with van der Waals surface area (Å²) in [4.78, 5) is 2.76. The quantitative estimate of drug-likeness (QED) is 0.372. The molecule has 1 saturated carbocycles. The van der Waals surface area contributed by atoms with Crippen molar-refractivity contribution < 1.29 is 0 Å². The van der Waals surface area contributed by atoms with Crippen molar-refractivity contribution in [1.29, 1.82) is 0 Å². The Labute approximate surface area is 213 Å². The van der Waals surface area contributed by atoms with Gasteiger partial charge in [-0.3, -0.25) is 10.2 Å². The Balaban J connectivity index is 1.69. The molecule has 3 aromatic carbocycles. The van der Waals surface area contributed by atoms with E-state index in [0.717, 1.165) is 0 Å². The van der Waals surface area contributed by atoms with Crippen molar-refractivity contribution in [2.75, 3.05) is 0 Å². The highest BCUT2D eigenvalue weighted by molar-refractivity contribution is 5.49. The number of hydrogen-bond acceptors (Lipinski definition) is 2. The van der Waals surface area contributed by atoms with Crippen LogP contribution in [0.15, 0.2) is 91.0 Å². The van der Waals surface area contributed by atoms with Crippen LogP contribution in [-0.2, 0) is 5.54 Å². The lowest BCUT2D eigenvalue weighted by molar-refractivity contribution is -0.0226. The van der Waals surface area contributed by atoms with Gasteiger partial charge in [-0.1, -0.05) is 91.0 Å². The van der Waals surface area contributed by atoms with Gasteiger partial charge in [0.05, 0.1) is 5.54 Å². The van der Waals surface area contributed by atoms with E-state index in [1.165, 1.54) is 42.4 Å². The van der Waals surface area contributed by atoms with Crippen LogP contribution >= 0.6 is 0 Å². The van der Waals surface area contributed by atoms with Crippen molar-refractivity contribution in [3.63, 3.8) is 0 Å². The van der Waals surface area contributed by atoms with Crippen LogP contribution < -0.4 is 5.32 Å². The number of benzene rings is 3. The summed E-state index contributed by atoms with van der Waals surface area (Å²) in [6, 6.07) is 34.1. The first-order chi connectivity index (χ1) is 16.6. The number of nitrogens with one attached hydrogen (secondary N) is 1. The third-order valence-corrected chi connectivity index (χ3v) is 7.55. The van der Waals surface area contributed by atoms with E-state index in [0.29, 0.717) is 12.1 Å². The molecule has 0 saturated heterocycles. The monoisotopic (exact) mass is 468 g/mol. The summed E-state index contributed by atoms with van der Waals surface area (Å²) in [5.74, 6) is 0. The van der Waals surface area contributed by atoms with Crippen LogP contribution in [0.5, 0.6) is 0 Å². The third kappa shape index (κ3) is 5.55. The molecule has 2 heteroatoms. The van der Waals surface area contributed by atoms with Gasteiger partial charge in [0.15, 0.2) is 0 Å². The molecule has 0 radical (unpaired) electrons. The molecule has 35 heavy (non-hydrogen) atoms. The molecule has 3 aromatic rings. The lowest BCUT2D eigenvalue weighted by Crippen LogP contribution is -2.59. The maximum atomic E-state index is 4.24. The first-order valence-electron chi connectivity index (χ1n) is 13.4. The molecule has 0 bridgehead atoms. The van der Waals surface area contributed by atoms with Gasteiger partial charge in [0.25, 0.3) is 0 Å². The van der Waals surface area contributed by atoms with Crippen LogP contribution in [0.2, 0.25) is 0 Å². The first-order valence-corrected chi connectivity index (χ1v) is 13.4. The van der Waals surface area contributed by atoms with E-state index in [9.17, 15) is 0 Å². The second-order valence-electron chi connectivity index (χ2n) is 12.2. The molecular weight excluding hydrogens is 424 g/mol. The minimum absolute atomic E-state index is 0.158. The van der Waals surface area contributed by atoms with Crippen LogP contribution in [0.3, 0.4) is 0 Å². The van der Waals surface area contributed by atoms with Gasteiger partial charge in [0.2, 0.25) is 0 Å². The van der Waals surface area contributed by atoms with Crippen molar-refractivity contribution in [2.45, 2.75) is 95.9 Å². The Bertz CT molecular complexity index is 926. The van der Waals surface area contributed by atoms with Gasteiger partial charge < -0.3 is 0 Å². The predicted molar refractivity (Wildman–Crippen MR) is 150 cm³/mol. The average Bonchev–Trinajstić information content (AvgIpc) is 2.83. The lowest BCUT2D eigenvalue weighted by Gasteiger charge is -2.52. The van der Waals surface area contributed by atoms with Gasteiger partial charge in [-0.15, -0.1) is 0 Å². The molecule has 0 spiro atoms. The molecule has 0 heterocycles. The SMILES string of the molecule is CC(C)(C)N(C1CCC(NC(c2ccccc2)(c2ccccc2)c2ccccc2)CC1)C(C)(C)C. The fraction of sp³-hybridized carbons (Fsp3) is 0.455. The van der Waals surface area contributed by atoms with E-state index in [1.54, 1.807) is 0 Å². The van der Waals surface area contributed by atoms with Crippen LogP contribution in [-0.4, -0.2) is 28.1 Å². The van der Waals surface area contributed by atoms with Crippen molar-refractivity contribution in [3.8, 4) is 0 Å². The van der Waals surface area contributed by atoms with Crippen molar-refractivity contribution in [2.24, 2.45) is 0 Å². The molecule has 2 nitrogen and oxygen atoms in total.